The molecule has 2 rings (SSSR count). The zero-order valence-electron chi connectivity index (χ0n) is 7.43. The van der Waals surface area contributed by atoms with Crippen molar-refractivity contribution in [2.24, 2.45) is 0 Å². The number of nitrogens with zero attached hydrogens (tertiary/aromatic N) is 1. The highest BCUT2D eigenvalue weighted by atomic mass is 35.5. The first-order chi connectivity index (χ1) is 6.18. The van der Waals surface area contributed by atoms with Gasteiger partial charge in [0.1, 0.15) is 0 Å². The van der Waals surface area contributed by atoms with Gasteiger partial charge >= 0.3 is 0 Å². The van der Waals surface area contributed by atoms with Crippen LogP contribution in [0, 0.1) is 18.3 Å². The Morgan fingerprint density at radius 3 is 2.62 bits per heavy atom. The van der Waals surface area contributed by atoms with Crippen LogP contribution < -0.4 is 0 Å². The van der Waals surface area contributed by atoms with Crippen LogP contribution >= 0.6 is 22.9 Å². The van der Waals surface area contributed by atoms with Crippen LogP contribution in [0.15, 0.2) is 6.07 Å². The topological polar surface area (TPSA) is 23.8 Å². The summed E-state index contributed by atoms with van der Waals surface area (Å²) in [5.74, 6) is 0. The summed E-state index contributed by atoms with van der Waals surface area (Å²) in [5.41, 5.74) is -0.192. The van der Waals surface area contributed by atoms with Gasteiger partial charge in [-0.05, 0) is 32.3 Å². The summed E-state index contributed by atoms with van der Waals surface area (Å²) in [5, 5.41) is 9.91. The van der Waals surface area contributed by atoms with Gasteiger partial charge in [0.05, 0.1) is 16.5 Å². The Labute approximate surface area is 87.0 Å². The van der Waals surface area contributed by atoms with Crippen LogP contribution in [0.5, 0.6) is 0 Å². The molecule has 0 aromatic carbocycles. The Morgan fingerprint density at radius 1 is 1.62 bits per heavy atom. The van der Waals surface area contributed by atoms with Gasteiger partial charge in [-0.3, -0.25) is 0 Å². The molecule has 0 aliphatic heterocycles. The second-order valence-corrected chi connectivity index (χ2v) is 5.23. The fourth-order valence-corrected chi connectivity index (χ4v) is 3.04. The van der Waals surface area contributed by atoms with Crippen LogP contribution in [0.1, 0.15) is 29.0 Å². The van der Waals surface area contributed by atoms with Gasteiger partial charge in [0.2, 0.25) is 0 Å². The first-order valence-corrected chi connectivity index (χ1v) is 5.55. The standard InChI is InChI=1S/C10H10ClNS/c1-7-8(11)5-9(13-7)10(6-12)3-2-4-10/h5H,2-4H2,1H3. The highest BCUT2D eigenvalue weighted by Gasteiger charge is 2.40. The predicted molar refractivity (Wildman–Crippen MR) is 55.2 cm³/mol. The summed E-state index contributed by atoms with van der Waals surface area (Å²) in [6.45, 7) is 2.00. The van der Waals surface area contributed by atoms with E-state index in [-0.39, 0.29) is 5.41 Å². The molecule has 1 aromatic heterocycles. The minimum absolute atomic E-state index is 0.192. The average Bonchev–Trinajstić information content (AvgIpc) is 2.31. The molecule has 0 N–H and O–H groups in total. The van der Waals surface area contributed by atoms with E-state index >= 15 is 0 Å². The van der Waals surface area contributed by atoms with Gasteiger partial charge < -0.3 is 0 Å². The summed E-state index contributed by atoms with van der Waals surface area (Å²) in [6, 6.07) is 4.39. The van der Waals surface area contributed by atoms with Crippen molar-refractivity contribution in [3.63, 3.8) is 0 Å². The van der Waals surface area contributed by atoms with Crippen molar-refractivity contribution >= 4 is 22.9 Å². The number of hydrogen-bond acceptors (Lipinski definition) is 2. The minimum atomic E-state index is -0.192. The van der Waals surface area contributed by atoms with Crippen LogP contribution in [0.25, 0.3) is 0 Å². The second kappa shape index (κ2) is 3.01. The Kier molecular flexibility index (Phi) is 2.09. The zero-order valence-corrected chi connectivity index (χ0v) is 9.00. The highest BCUT2D eigenvalue weighted by Crippen LogP contribution is 2.47. The monoisotopic (exact) mass is 211 g/mol. The molecule has 68 valence electrons. The molecule has 0 atom stereocenters. The first-order valence-electron chi connectivity index (χ1n) is 4.36. The third-order valence-corrected chi connectivity index (χ3v) is 4.51. The molecule has 0 amide bonds. The second-order valence-electron chi connectivity index (χ2n) is 3.56. The molecule has 3 heteroatoms. The molecular weight excluding hydrogens is 202 g/mol. The molecular formula is C10H10ClNS. The molecule has 1 saturated carbocycles. The molecule has 0 saturated heterocycles. The number of thiophene rings is 1. The Balaban J connectivity index is 2.40. The van der Waals surface area contributed by atoms with Crippen molar-refractivity contribution in [1.82, 2.24) is 0 Å². The van der Waals surface area contributed by atoms with E-state index in [0.29, 0.717) is 0 Å². The van der Waals surface area contributed by atoms with E-state index in [4.69, 9.17) is 16.9 Å². The maximum absolute atomic E-state index is 9.10. The van der Waals surface area contributed by atoms with Crippen molar-refractivity contribution in [3.05, 3.63) is 20.8 Å². The number of nitriles is 1. The Bertz CT molecular complexity index is 351. The summed E-state index contributed by atoms with van der Waals surface area (Å²) >= 11 is 7.64. The molecule has 1 fully saturated rings. The van der Waals surface area contributed by atoms with Gasteiger partial charge in [-0.2, -0.15) is 5.26 Å². The Morgan fingerprint density at radius 2 is 2.31 bits per heavy atom. The van der Waals surface area contributed by atoms with E-state index in [0.717, 1.165) is 27.6 Å². The molecule has 0 unspecified atom stereocenters. The lowest BCUT2D eigenvalue weighted by atomic mass is 9.69. The van der Waals surface area contributed by atoms with Gasteiger partial charge in [-0.1, -0.05) is 11.6 Å². The normalized spacial score (nSPS) is 19.2. The van der Waals surface area contributed by atoms with E-state index in [9.17, 15) is 0 Å². The smallest absolute Gasteiger partial charge is 0.0915 e. The van der Waals surface area contributed by atoms with E-state index in [1.165, 1.54) is 6.42 Å². The van der Waals surface area contributed by atoms with Gasteiger partial charge in [0.25, 0.3) is 0 Å². The van der Waals surface area contributed by atoms with Crippen LogP contribution in [-0.2, 0) is 5.41 Å². The van der Waals surface area contributed by atoms with Gasteiger partial charge in [-0.15, -0.1) is 11.3 Å². The first kappa shape index (κ1) is 9.05. The van der Waals surface area contributed by atoms with Crippen molar-refractivity contribution in [2.75, 3.05) is 0 Å². The van der Waals surface area contributed by atoms with E-state index in [2.05, 4.69) is 6.07 Å². The summed E-state index contributed by atoms with van der Waals surface area (Å²) in [4.78, 5) is 2.28. The highest BCUT2D eigenvalue weighted by molar-refractivity contribution is 7.12. The van der Waals surface area contributed by atoms with Crippen molar-refractivity contribution < 1.29 is 0 Å². The van der Waals surface area contributed by atoms with Crippen molar-refractivity contribution in [2.45, 2.75) is 31.6 Å². The predicted octanol–water partition coefficient (Wildman–Crippen LogP) is 3.66. The average molecular weight is 212 g/mol. The number of hydrogen-bond donors (Lipinski definition) is 0. The quantitative estimate of drug-likeness (QED) is 0.696. The lowest BCUT2D eigenvalue weighted by Gasteiger charge is -2.34. The SMILES string of the molecule is Cc1sc(C2(C#N)CCC2)cc1Cl. The molecule has 1 nitrogen and oxygen atoms in total. The van der Waals surface area contributed by atoms with Gasteiger partial charge in [0, 0.05) is 9.75 Å². The largest absolute Gasteiger partial charge is 0.197 e. The van der Waals surface area contributed by atoms with Crippen LogP contribution in [0.2, 0.25) is 5.02 Å². The number of halogens is 1. The maximum Gasteiger partial charge on any atom is 0.0915 e. The van der Waals surface area contributed by atoms with E-state index < -0.39 is 0 Å². The molecule has 1 aromatic rings. The molecule has 1 heterocycles. The minimum Gasteiger partial charge on any atom is -0.197 e. The fourth-order valence-electron chi connectivity index (χ4n) is 1.64. The number of aryl methyl sites for hydroxylation is 1. The molecule has 0 spiro atoms. The molecule has 1 aliphatic rings. The summed E-state index contributed by atoms with van der Waals surface area (Å²) in [6.07, 6.45) is 3.17. The maximum atomic E-state index is 9.10. The lowest BCUT2D eigenvalue weighted by molar-refractivity contribution is 0.330. The molecule has 1 aliphatic carbocycles. The van der Waals surface area contributed by atoms with Crippen LogP contribution in [0.4, 0.5) is 0 Å². The van der Waals surface area contributed by atoms with Crippen molar-refractivity contribution in [1.29, 1.82) is 5.26 Å². The fraction of sp³-hybridized carbons (Fsp3) is 0.500. The molecule has 0 radical (unpaired) electrons. The Hall–Kier alpha value is -0.520. The van der Waals surface area contributed by atoms with E-state index in [1.54, 1.807) is 11.3 Å². The third kappa shape index (κ3) is 1.27. The summed E-state index contributed by atoms with van der Waals surface area (Å²) < 4.78 is 0. The van der Waals surface area contributed by atoms with Crippen molar-refractivity contribution in [3.8, 4) is 6.07 Å². The van der Waals surface area contributed by atoms with Gasteiger partial charge in [0.15, 0.2) is 0 Å². The van der Waals surface area contributed by atoms with E-state index in [1.807, 2.05) is 13.0 Å². The van der Waals surface area contributed by atoms with Gasteiger partial charge in [-0.25, -0.2) is 0 Å². The summed E-state index contributed by atoms with van der Waals surface area (Å²) in [7, 11) is 0. The molecule has 13 heavy (non-hydrogen) atoms. The lowest BCUT2D eigenvalue weighted by Crippen LogP contribution is -2.31. The third-order valence-electron chi connectivity index (χ3n) is 2.75. The number of rotatable bonds is 1. The molecule has 0 bridgehead atoms. The van der Waals surface area contributed by atoms with Crippen LogP contribution in [0.3, 0.4) is 0 Å². The van der Waals surface area contributed by atoms with Crippen LogP contribution in [-0.4, -0.2) is 0 Å². The zero-order chi connectivity index (χ0) is 9.47.